The number of hydrogen-bond donors (Lipinski definition) is 3. The maximum Gasteiger partial charge on any atom is 0.416 e. The first-order valence-electron chi connectivity index (χ1n) is 9.37. The molecule has 0 aliphatic heterocycles. The van der Waals surface area contributed by atoms with Crippen molar-refractivity contribution in [2.45, 2.75) is 24.9 Å². The third-order valence-electron chi connectivity index (χ3n) is 4.19. The Morgan fingerprint density at radius 1 is 1.03 bits per heavy atom. The van der Waals surface area contributed by atoms with E-state index in [2.05, 4.69) is 15.4 Å². The molecular weight excluding hydrogens is 471 g/mol. The van der Waals surface area contributed by atoms with E-state index >= 15 is 0 Å². The molecule has 0 unspecified atom stereocenters. The fourth-order valence-electron chi connectivity index (χ4n) is 2.42. The predicted molar refractivity (Wildman–Crippen MR) is 114 cm³/mol. The van der Waals surface area contributed by atoms with E-state index < -0.39 is 32.6 Å². The zero-order valence-electron chi connectivity index (χ0n) is 17.1. The lowest BCUT2D eigenvalue weighted by molar-refractivity contribution is -0.137. The van der Waals surface area contributed by atoms with E-state index in [1.54, 1.807) is 26.0 Å². The third-order valence-corrected chi connectivity index (χ3v) is 6.13. The summed E-state index contributed by atoms with van der Waals surface area (Å²) in [4.78, 5) is 23.1. The van der Waals surface area contributed by atoms with Gasteiger partial charge in [-0.1, -0.05) is 25.4 Å². The van der Waals surface area contributed by atoms with Crippen LogP contribution in [0.3, 0.4) is 0 Å². The fraction of sp³-hybridized carbons (Fsp3) is 0.300. The standard InChI is InChI=1S/C20H21ClF3N3O4S/c1-12(2)18(28)27-15-6-3-13(4-7-15)19(29)25-9-10-26-32(30,31)17-11-14(20(22,23)24)5-8-16(17)21/h3-8,11-12,26H,9-10H2,1-2H3,(H,25,29)(H,27,28). The molecule has 12 heteroatoms. The number of halogens is 4. The van der Waals surface area contributed by atoms with Gasteiger partial charge in [-0.05, 0) is 42.5 Å². The Bertz CT molecular complexity index is 1090. The Morgan fingerprint density at radius 2 is 1.66 bits per heavy atom. The number of carbonyl (C=O) groups is 2. The molecule has 2 rings (SSSR count). The number of sulfonamides is 1. The smallest absolute Gasteiger partial charge is 0.351 e. The Balaban J connectivity index is 1.93. The van der Waals surface area contributed by atoms with Crippen molar-refractivity contribution in [2.24, 2.45) is 5.92 Å². The Labute approximate surface area is 188 Å². The lowest BCUT2D eigenvalue weighted by atomic mass is 10.1. The number of anilines is 1. The van der Waals surface area contributed by atoms with Gasteiger partial charge >= 0.3 is 6.18 Å². The van der Waals surface area contributed by atoms with Crippen LogP contribution in [0.4, 0.5) is 18.9 Å². The van der Waals surface area contributed by atoms with Crippen LogP contribution in [-0.4, -0.2) is 33.3 Å². The number of rotatable bonds is 8. The molecule has 0 aliphatic rings. The zero-order chi connectivity index (χ0) is 24.1. The van der Waals surface area contributed by atoms with Crippen LogP contribution < -0.4 is 15.4 Å². The minimum absolute atomic E-state index is 0.125. The minimum Gasteiger partial charge on any atom is -0.351 e. The van der Waals surface area contributed by atoms with Gasteiger partial charge in [-0.3, -0.25) is 9.59 Å². The van der Waals surface area contributed by atoms with Crippen molar-refractivity contribution < 1.29 is 31.2 Å². The van der Waals surface area contributed by atoms with Crippen LogP contribution in [0, 0.1) is 5.92 Å². The highest BCUT2D eigenvalue weighted by atomic mass is 35.5. The lowest BCUT2D eigenvalue weighted by Gasteiger charge is -2.12. The van der Waals surface area contributed by atoms with Crippen LogP contribution in [0.25, 0.3) is 0 Å². The van der Waals surface area contributed by atoms with Crippen molar-refractivity contribution >= 4 is 39.1 Å². The maximum absolute atomic E-state index is 12.8. The van der Waals surface area contributed by atoms with Gasteiger partial charge in [-0.2, -0.15) is 13.2 Å². The summed E-state index contributed by atoms with van der Waals surface area (Å²) >= 11 is 5.75. The van der Waals surface area contributed by atoms with E-state index in [0.29, 0.717) is 17.8 Å². The van der Waals surface area contributed by atoms with E-state index in [-0.39, 0.29) is 35.5 Å². The Hall–Kier alpha value is -2.63. The summed E-state index contributed by atoms with van der Waals surface area (Å²) in [6.07, 6.45) is -4.73. The fourth-order valence-corrected chi connectivity index (χ4v) is 3.97. The summed E-state index contributed by atoms with van der Waals surface area (Å²) in [6.45, 7) is 3.09. The summed E-state index contributed by atoms with van der Waals surface area (Å²) in [5.74, 6) is -0.869. The van der Waals surface area contributed by atoms with E-state index in [1.807, 2.05) is 0 Å². The van der Waals surface area contributed by atoms with Crippen LogP contribution in [-0.2, 0) is 21.0 Å². The van der Waals surface area contributed by atoms with Gasteiger partial charge in [0.25, 0.3) is 5.91 Å². The number of amides is 2. The third kappa shape index (κ3) is 6.94. The van der Waals surface area contributed by atoms with Gasteiger partial charge in [-0.25, -0.2) is 13.1 Å². The molecule has 2 aromatic carbocycles. The van der Waals surface area contributed by atoms with Crippen LogP contribution in [0.15, 0.2) is 47.4 Å². The second-order valence-electron chi connectivity index (χ2n) is 7.02. The molecule has 0 atom stereocenters. The topological polar surface area (TPSA) is 104 Å². The van der Waals surface area contributed by atoms with Crippen molar-refractivity contribution in [3.63, 3.8) is 0 Å². The molecular formula is C20H21ClF3N3O4S. The molecule has 0 heterocycles. The first kappa shape index (κ1) is 25.6. The molecule has 0 saturated heterocycles. The monoisotopic (exact) mass is 491 g/mol. The van der Waals surface area contributed by atoms with Crippen LogP contribution in [0.1, 0.15) is 29.8 Å². The van der Waals surface area contributed by atoms with Crippen LogP contribution in [0.2, 0.25) is 5.02 Å². The van der Waals surface area contributed by atoms with Gasteiger partial charge in [0.2, 0.25) is 15.9 Å². The van der Waals surface area contributed by atoms with Crippen LogP contribution >= 0.6 is 11.6 Å². The van der Waals surface area contributed by atoms with E-state index in [9.17, 15) is 31.2 Å². The van der Waals surface area contributed by atoms with Gasteiger partial charge in [-0.15, -0.1) is 0 Å². The molecule has 0 spiro atoms. The number of benzene rings is 2. The Kier molecular flexibility index (Phi) is 8.27. The summed E-state index contributed by atoms with van der Waals surface area (Å²) < 4.78 is 65.2. The molecule has 7 nitrogen and oxygen atoms in total. The van der Waals surface area contributed by atoms with E-state index in [4.69, 9.17) is 11.6 Å². The van der Waals surface area contributed by atoms with Gasteiger partial charge in [0.15, 0.2) is 0 Å². The summed E-state index contributed by atoms with van der Waals surface area (Å²) in [7, 11) is -4.33. The molecule has 174 valence electrons. The Morgan fingerprint density at radius 3 is 2.22 bits per heavy atom. The highest BCUT2D eigenvalue weighted by Crippen LogP contribution is 2.33. The van der Waals surface area contributed by atoms with Crippen molar-refractivity contribution in [2.75, 3.05) is 18.4 Å². The maximum atomic E-state index is 12.8. The first-order valence-corrected chi connectivity index (χ1v) is 11.2. The van der Waals surface area contributed by atoms with Crippen molar-refractivity contribution in [3.8, 4) is 0 Å². The largest absolute Gasteiger partial charge is 0.416 e. The molecule has 2 amide bonds. The van der Waals surface area contributed by atoms with E-state index in [0.717, 1.165) is 6.07 Å². The summed E-state index contributed by atoms with van der Waals surface area (Å²) in [5, 5.41) is 4.80. The molecule has 0 fully saturated rings. The predicted octanol–water partition coefficient (Wildman–Crippen LogP) is 3.66. The summed E-state index contributed by atoms with van der Waals surface area (Å²) in [6, 6.07) is 8.05. The lowest BCUT2D eigenvalue weighted by Crippen LogP contribution is -2.34. The average Bonchev–Trinajstić information content (AvgIpc) is 2.70. The molecule has 0 radical (unpaired) electrons. The second-order valence-corrected chi connectivity index (χ2v) is 9.16. The van der Waals surface area contributed by atoms with Gasteiger partial charge in [0.1, 0.15) is 4.90 Å². The number of hydrogen-bond acceptors (Lipinski definition) is 4. The molecule has 3 N–H and O–H groups in total. The molecule has 2 aromatic rings. The van der Waals surface area contributed by atoms with Gasteiger partial charge in [0, 0.05) is 30.3 Å². The molecule has 0 aliphatic carbocycles. The van der Waals surface area contributed by atoms with E-state index in [1.165, 1.54) is 12.1 Å². The minimum atomic E-state index is -4.73. The number of alkyl halides is 3. The quantitative estimate of drug-likeness (QED) is 0.490. The highest BCUT2D eigenvalue weighted by molar-refractivity contribution is 7.89. The van der Waals surface area contributed by atoms with Crippen molar-refractivity contribution in [3.05, 3.63) is 58.6 Å². The first-order chi connectivity index (χ1) is 14.8. The summed E-state index contributed by atoms with van der Waals surface area (Å²) in [5.41, 5.74) is -0.356. The second kappa shape index (κ2) is 10.3. The average molecular weight is 492 g/mol. The molecule has 0 saturated carbocycles. The van der Waals surface area contributed by atoms with Gasteiger partial charge < -0.3 is 10.6 Å². The van der Waals surface area contributed by atoms with Crippen molar-refractivity contribution in [1.29, 1.82) is 0 Å². The number of nitrogens with one attached hydrogen (secondary N) is 3. The van der Waals surface area contributed by atoms with Gasteiger partial charge in [0.05, 0.1) is 10.6 Å². The molecule has 0 bridgehead atoms. The van der Waals surface area contributed by atoms with Crippen LogP contribution in [0.5, 0.6) is 0 Å². The molecule has 32 heavy (non-hydrogen) atoms. The normalized spacial score (nSPS) is 12.0. The number of carbonyl (C=O) groups excluding carboxylic acids is 2. The zero-order valence-corrected chi connectivity index (χ0v) is 18.7. The van der Waals surface area contributed by atoms with Crippen molar-refractivity contribution in [1.82, 2.24) is 10.0 Å². The SMILES string of the molecule is CC(C)C(=O)Nc1ccc(C(=O)NCCNS(=O)(=O)c2cc(C(F)(F)F)ccc2Cl)cc1. The molecule has 0 aromatic heterocycles. The highest BCUT2D eigenvalue weighted by Gasteiger charge is 2.32.